The molecule has 2 heterocycles. The zero-order valence-electron chi connectivity index (χ0n) is 9.15. The second-order valence-electron chi connectivity index (χ2n) is 3.92. The van der Waals surface area contributed by atoms with Crippen LogP contribution in [0.5, 0.6) is 0 Å². The molecule has 0 bridgehead atoms. The van der Waals surface area contributed by atoms with E-state index in [-0.39, 0.29) is 11.9 Å². The van der Waals surface area contributed by atoms with Crippen molar-refractivity contribution < 1.29 is 4.79 Å². The molecule has 1 atom stereocenters. The summed E-state index contributed by atoms with van der Waals surface area (Å²) in [5.74, 6) is 0.339. The second kappa shape index (κ2) is 5.55. The Bertz CT molecular complexity index is 333. The zero-order chi connectivity index (χ0) is 11.2. The Morgan fingerprint density at radius 2 is 2.12 bits per heavy atom. The molecule has 86 valence electrons. The normalized spacial score (nSPS) is 21.1. The average molecular weight is 220 g/mol. The molecule has 1 aromatic rings. The van der Waals surface area contributed by atoms with Crippen molar-refractivity contribution in [3.8, 4) is 0 Å². The van der Waals surface area contributed by atoms with Gasteiger partial charge in [0.25, 0.3) is 0 Å². The monoisotopic (exact) mass is 220 g/mol. The Morgan fingerprint density at radius 3 is 2.94 bits per heavy atom. The van der Waals surface area contributed by atoms with Gasteiger partial charge in [-0.25, -0.2) is 9.97 Å². The van der Waals surface area contributed by atoms with Gasteiger partial charge in [0.15, 0.2) is 0 Å². The molecular formula is C11H16N4O. The molecule has 1 aliphatic rings. The molecule has 0 aliphatic carbocycles. The lowest BCUT2D eigenvalue weighted by Crippen LogP contribution is -2.40. The summed E-state index contributed by atoms with van der Waals surface area (Å²) in [5, 5.41) is 5.95. The van der Waals surface area contributed by atoms with Crippen LogP contribution in [-0.4, -0.2) is 28.5 Å². The van der Waals surface area contributed by atoms with Gasteiger partial charge >= 0.3 is 0 Å². The van der Waals surface area contributed by atoms with Gasteiger partial charge in [-0.05, 0) is 25.5 Å². The van der Waals surface area contributed by atoms with E-state index in [4.69, 9.17) is 0 Å². The summed E-state index contributed by atoms with van der Waals surface area (Å²) in [5.41, 5.74) is 0. The molecule has 0 aromatic carbocycles. The van der Waals surface area contributed by atoms with Crippen molar-refractivity contribution in [3.63, 3.8) is 0 Å². The van der Waals surface area contributed by atoms with Crippen LogP contribution in [0.4, 0.5) is 5.95 Å². The summed E-state index contributed by atoms with van der Waals surface area (Å²) in [4.78, 5) is 19.8. The Morgan fingerprint density at radius 1 is 1.31 bits per heavy atom. The highest BCUT2D eigenvalue weighted by Crippen LogP contribution is 2.09. The molecule has 16 heavy (non-hydrogen) atoms. The van der Waals surface area contributed by atoms with Crippen LogP contribution in [0.1, 0.15) is 25.7 Å². The minimum atomic E-state index is -0.105. The summed E-state index contributed by atoms with van der Waals surface area (Å²) >= 11 is 0. The molecule has 1 fully saturated rings. The van der Waals surface area contributed by atoms with E-state index in [1.807, 2.05) is 0 Å². The van der Waals surface area contributed by atoms with E-state index in [1.54, 1.807) is 18.5 Å². The van der Waals surface area contributed by atoms with Gasteiger partial charge < -0.3 is 5.32 Å². The predicted molar refractivity (Wildman–Crippen MR) is 60.9 cm³/mol. The van der Waals surface area contributed by atoms with E-state index in [0.29, 0.717) is 5.95 Å². The number of rotatable bonds is 2. The van der Waals surface area contributed by atoms with E-state index in [2.05, 4.69) is 20.6 Å². The van der Waals surface area contributed by atoms with E-state index < -0.39 is 0 Å². The van der Waals surface area contributed by atoms with Gasteiger partial charge in [-0.1, -0.05) is 12.8 Å². The third-order valence-electron chi connectivity index (χ3n) is 2.68. The number of nitrogens with zero attached hydrogens (tertiary/aromatic N) is 2. The van der Waals surface area contributed by atoms with Gasteiger partial charge in [0.1, 0.15) is 0 Å². The van der Waals surface area contributed by atoms with Crippen LogP contribution in [0.2, 0.25) is 0 Å². The SMILES string of the molecule is O=C(Nc1ncccn1)C1CCCCCN1. The number of anilines is 1. The topological polar surface area (TPSA) is 66.9 Å². The number of amides is 1. The van der Waals surface area contributed by atoms with E-state index >= 15 is 0 Å². The molecule has 1 aliphatic heterocycles. The van der Waals surface area contributed by atoms with Crippen LogP contribution < -0.4 is 10.6 Å². The van der Waals surface area contributed by atoms with Gasteiger partial charge in [-0.3, -0.25) is 10.1 Å². The third kappa shape index (κ3) is 3.00. The fourth-order valence-corrected chi connectivity index (χ4v) is 1.81. The number of hydrogen-bond donors (Lipinski definition) is 2. The fraction of sp³-hybridized carbons (Fsp3) is 0.545. The van der Waals surface area contributed by atoms with Crippen molar-refractivity contribution in [1.82, 2.24) is 15.3 Å². The van der Waals surface area contributed by atoms with Crippen molar-refractivity contribution in [2.75, 3.05) is 11.9 Å². The summed E-state index contributed by atoms with van der Waals surface area (Å²) in [6.45, 7) is 0.910. The number of hydrogen-bond acceptors (Lipinski definition) is 4. The molecule has 2 rings (SSSR count). The summed E-state index contributed by atoms with van der Waals surface area (Å²) in [6.07, 6.45) is 7.55. The molecule has 2 N–H and O–H groups in total. The lowest BCUT2D eigenvalue weighted by molar-refractivity contribution is -0.118. The maximum atomic E-state index is 11.9. The second-order valence-corrected chi connectivity index (χ2v) is 3.92. The first-order valence-corrected chi connectivity index (χ1v) is 5.67. The predicted octanol–water partition coefficient (Wildman–Crippen LogP) is 0.947. The van der Waals surface area contributed by atoms with Crippen LogP contribution in [0.25, 0.3) is 0 Å². The minimum Gasteiger partial charge on any atom is -0.306 e. The smallest absolute Gasteiger partial charge is 0.243 e. The van der Waals surface area contributed by atoms with Gasteiger partial charge in [-0.15, -0.1) is 0 Å². The average Bonchev–Trinajstić information content (AvgIpc) is 2.59. The molecule has 0 saturated carbocycles. The maximum absolute atomic E-state index is 11.9. The first-order valence-electron chi connectivity index (χ1n) is 5.67. The standard InChI is InChI=1S/C11H16N4O/c16-10(9-5-2-1-3-6-12-9)15-11-13-7-4-8-14-11/h4,7-9,12H,1-3,5-6H2,(H,13,14,15,16). The lowest BCUT2D eigenvalue weighted by Gasteiger charge is -2.14. The highest BCUT2D eigenvalue weighted by atomic mass is 16.2. The first-order chi connectivity index (χ1) is 7.86. The fourth-order valence-electron chi connectivity index (χ4n) is 1.81. The van der Waals surface area contributed by atoms with Crippen LogP contribution in [0.3, 0.4) is 0 Å². The highest BCUT2D eigenvalue weighted by molar-refractivity contribution is 5.93. The minimum absolute atomic E-state index is 0.0342. The number of carbonyl (C=O) groups excluding carboxylic acids is 1. The van der Waals surface area contributed by atoms with Crippen LogP contribution in [-0.2, 0) is 4.79 Å². The number of carbonyl (C=O) groups is 1. The summed E-state index contributed by atoms with van der Waals surface area (Å²) in [6, 6.07) is 1.62. The van der Waals surface area contributed by atoms with Crippen LogP contribution >= 0.6 is 0 Å². The summed E-state index contributed by atoms with van der Waals surface area (Å²) < 4.78 is 0. The molecule has 1 saturated heterocycles. The Kier molecular flexibility index (Phi) is 3.82. The Labute approximate surface area is 94.7 Å². The van der Waals surface area contributed by atoms with Crippen molar-refractivity contribution in [2.45, 2.75) is 31.7 Å². The molecule has 5 heteroatoms. The van der Waals surface area contributed by atoms with Gasteiger partial charge in [0, 0.05) is 12.4 Å². The largest absolute Gasteiger partial charge is 0.306 e. The number of aromatic nitrogens is 2. The van der Waals surface area contributed by atoms with E-state index in [0.717, 1.165) is 25.8 Å². The Balaban J connectivity index is 1.92. The number of nitrogens with one attached hydrogen (secondary N) is 2. The van der Waals surface area contributed by atoms with Gasteiger partial charge in [0.05, 0.1) is 6.04 Å². The van der Waals surface area contributed by atoms with Gasteiger partial charge in [0.2, 0.25) is 11.9 Å². The molecule has 0 spiro atoms. The molecule has 1 unspecified atom stereocenters. The molecule has 5 nitrogen and oxygen atoms in total. The molecular weight excluding hydrogens is 204 g/mol. The molecule has 0 radical (unpaired) electrons. The maximum Gasteiger partial charge on any atom is 0.243 e. The molecule has 1 amide bonds. The summed E-state index contributed by atoms with van der Waals surface area (Å²) in [7, 11) is 0. The zero-order valence-corrected chi connectivity index (χ0v) is 9.15. The first kappa shape index (κ1) is 11.0. The van der Waals surface area contributed by atoms with Gasteiger partial charge in [-0.2, -0.15) is 0 Å². The quantitative estimate of drug-likeness (QED) is 0.778. The van der Waals surface area contributed by atoms with E-state index in [9.17, 15) is 4.79 Å². The molecule has 1 aromatic heterocycles. The Hall–Kier alpha value is -1.49. The van der Waals surface area contributed by atoms with Crippen LogP contribution in [0, 0.1) is 0 Å². The van der Waals surface area contributed by atoms with Crippen molar-refractivity contribution in [2.24, 2.45) is 0 Å². The van der Waals surface area contributed by atoms with Crippen molar-refractivity contribution in [1.29, 1.82) is 0 Å². The highest BCUT2D eigenvalue weighted by Gasteiger charge is 2.19. The third-order valence-corrected chi connectivity index (χ3v) is 2.68. The van der Waals surface area contributed by atoms with Crippen LogP contribution in [0.15, 0.2) is 18.5 Å². The van der Waals surface area contributed by atoms with E-state index in [1.165, 1.54) is 6.42 Å². The van der Waals surface area contributed by atoms with Crippen molar-refractivity contribution >= 4 is 11.9 Å². The van der Waals surface area contributed by atoms with Crippen molar-refractivity contribution in [3.05, 3.63) is 18.5 Å². The lowest BCUT2D eigenvalue weighted by atomic mass is 10.1.